The molecule has 28 heavy (non-hydrogen) atoms. The molecule has 2 heterocycles. The topological polar surface area (TPSA) is 52.7 Å². The number of nitrogens with one attached hydrogen (secondary N) is 1. The lowest BCUT2D eigenvalue weighted by Gasteiger charge is -2.38. The van der Waals surface area contributed by atoms with E-state index < -0.39 is 6.04 Å². The Labute approximate surface area is 179 Å². The van der Waals surface area contributed by atoms with Gasteiger partial charge in [0.05, 0.1) is 0 Å². The number of alkyl halides is 1. The standard InChI is InChI=1S/C20H23Cl2N3O2S/c1-13-10-15(22)5-6-16(13)25(18(26)11-21)19(17-4-3-9-28-17)20(27)24-8-7-23-14(2)12-24/h3-6,9-10,14,19,23H,7-8,11-12H2,1-2H3/t14?,19-/m0/s1. The van der Waals surface area contributed by atoms with E-state index in [9.17, 15) is 9.59 Å². The van der Waals surface area contributed by atoms with Crippen molar-refractivity contribution < 1.29 is 9.59 Å². The molecule has 1 aromatic heterocycles. The van der Waals surface area contributed by atoms with Gasteiger partial charge in [-0.1, -0.05) is 17.7 Å². The summed E-state index contributed by atoms with van der Waals surface area (Å²) < 4.78 is 0. The predicted octanol–water partition coefficient (Wildman–Crippen LogP) is 3.84. The van der Waals surface area contributed by atoms with Crippen molar-refractivity contribution in [2.24, 2.45) is 0 Å². The first kappa shape index (κ1) is 21.1. The van der Waals surface area contributed by atoms with Gasteiger partial charge in [-0.25, -0.2) is 0 Å². The minimum Gasteiger partial charge on any atom is -0.338 e. The highest BCUT2D eigenvalue weighted by Gasteiger charge is 2.37. The number of anilines is 1. The van der Waals surface area contributed by atoms with Crippen molar-refractivity contribution in [3.63, 3.8) is 0 Å². The maximum absolute atomic E-state index is 13.6. The molecule has 1 N–H and O–H groups in total. The lowest BCUT2D eigenvalue weighted by molar-refractivity contribution is -0.135. The SMILES string of the molecule is Cc1cc(Cl)ccc1N(C(=O)CCl)[C@H](C(=O)N1CCNC(C)C1)c1cccs1. The van der Waals surface area contributed by atoms with Crippen molar-refractivity contribution in [3.05, 3.63) is 51.2 Å². The molecule has 2 atom stereocenters. The van der Waals surface area contributed by atoms with Gasteiger partial charge in [0, 0.05) is 41.3 Å². The van der Waals surface area contributed by atoms with Gasteiger partial charge in [0.15, 0.2) is 0 Å². The molecule has 150 valence electrons. The quantitative estimate of drug-likeness (QED) is 0.719. The van der Waals surface area contributed by atoms with Crippen molar-refractivity contribution in [3.8, 4) is 0 Å². The minimum atomic E-state index is -0.753. The molecule has 2 amide bonds. The van der Waals surface area contributed by atoms with E-state index in [1.54, 1.807) is 18.2 Å². The maximum Gasteiger partial charge on any atom is 0.251 e. The van der Waals surface area contributed by atoms with Crippen molar-refractivity contribution in [2.75, 3.05) is 30.4 Å². The second-order valence-electron chi connectivity index (χ2n) is 6.89. The molecule has 1 aliphatic rings. The zero-order valence-electron chi connectivity index (χ0n) is 15.8. The fourth-order valence-corrected chi connectivity index (χ4v) is 4.64. The number of aryl methyl sites for hydroxylation is 1. The molecule has 1 fully saturated rings. The van der Waals surface area contributed by atoms with E-state index in [0.29, 0.717) is 23.8 Å². The third kappa shape index (κ3) is 4.51. The number of amides is 2. The van der Waals surface area contributed by atoms with Crippen molar-refractivity contribution >= 4 is 52.0 Å². The molecule has 0 radical (unpaired) electrons. The van der Waals surface area contributed by atoms with Gasteiger partial charge in [0.2, 0.25) is 5.91 Å². The Morgan fingerprint density at radius 1 is 1.39 bits per heavy atom. The van der Waals surface area contributed by atoms with Gasteiger partial charge < -0.3 is 10.2 Å². The summed E-state index contributed by atoms with van der Waals surface area (Å²) in [6.07, 6.45) is 0. The highest BCUT2D eigenvalue weighted by atomic mass is 35.5. The summed E-state index contributed by atoms with van der Waals surface area (Å²) in [5.74, 6) is -0.625. The molecule has 2 aromatic rings. The van der Waals surface area contributed by atoms with E-state index in [-0.39, 0.29) is 23.7 Å². The van der Waals surface area contributed by atoms with Gasteiger partial charge in [-0.05, 0) is 49.1 Å². The van der Waals surface area contributed by atoms with Gasteiger partial charge in [0.25, 0.3) is 5.91 Å². The molecule has 0 aliphatic carbocycles. The van der Waals surface area contributed by atoms with Crippen LogP contribution in [-0.2, 0) is 9.59 Å². The second-order valence-corrected chi connectivity index (χ2v) is 8.57. The fraction of sp³-hybridized carbons (Fsp3) is 0.400. The van der Waals surface area contributed by atoms with Crippen LogP contribution in [0, 0.1) is 6.92 Å². The Bertz CT molecular complexity index is 844. The molecule has 1 unspecified atom stereocenters. The van der Waals surface area contributed by atoms with Crippen LogP contribution in [0.2, 0.25) is 5.02 Å². The number of nitrogens with zero attached hydrogens (tertiary/aromatic N) is 2. The van der Waals surface area contributed by atoms with Crippen LogP contribution in [0.1, 0.15) is 23.4 Å². The Kier molecular flexibility index (Phi) is 6.99. The van der Waals surface area contributed by atoms with Crippen LogP contribution in [-0.4, -0.2) is 48.3 Å². The number of hydrogen-bond donors (Lipinski definition) is 1. The predicted molar refractivity (Wildman–Crippen MR) is 115 cm³/mol. The number of halogens is 2. The van der Waals surface area contributed by atoms with E-state index in [2.05, 4.69) is 5.32 Å². The third-order valence-corrected chi connectivity index (χ3v) is 6.18. The van der Waals surface area contributed by atoms with Crippen molar-refractivity contribution in [2.45, 2.75) is 25.9 Å². The smallest absolute Gasteiger partial charge is 0.251 e. The van der Waals surface area contributed by atoms with E-state index in [1.807, 2.05) is 36.3 Å². The monoisotopic (exact) mass is 439 g/mol. The van der Waals surface area contributed by atoms with E-state index in [0.717, 1.165) is 17.0 Å². The zero-order valence-corrected chi connectivity index (χ0v) is 18.2. The zero-order chi connectivity index (χ0) is 20.3. The fourth-order valence-electron chi connectivity index (χ4n) is 3.48. The number of benzene rings is 1. The minimum absolute atomic E-state index is 0.0939. The number of carbonyl (C=O) groups excluding carboxylic acids is 2. The number of hydrogen-bond acceptors (Lipinski definition) is 4. The molecule has 1 saturated heterocycles. The first-order valence-electron chi connectivity index (χ1n) is 9.12. The van der Waals surface area contributed by atoms with E-state index in [1.165, 1.54) is 16.2 Å². The molecule has 0 saturated carbocycles. The normalized spacial score (nSPS) is 18.0. The summed E-state index contributed by atoms with van der Waals surface area (Å²) in [4.78, 5) is 30.7. The molecule has 0 bridgehead atoms. The number of piperazine rings is 1. The van der Waals surface area contributed by atoms with Gasteiger partial charge >= 0.3 is 0 Å². The summed E-state index contributed by atoms with van der Waals surface area (Å²) >= 11 is 13.5. The summed E-state index contributed by atoms with van der Waals surface area (Å²) in [6, 6.07) is 8.51. The first-order chi connectivity index (χ1) is 13.4. The highest BCUT2D eigenvalue weighted by molar-refractivity contribution is 7.10. The molecule has 5 nitrogen and oxygen atoms in total. The van der Waals surface area contributed by atoms with Crippen LogP contribution in [0.25, 0.3) is 0 Å². The molecule has 0 spiro atoms. The van der Waals surface area contributed by atoms with Crippen LogP contribution < -0.4 is 10.2 Å². The lowest BCUT2D eigenvalue weighted by atomic mass is 10.1. The van der Waals surface area contributed by atoms with Crippen LogP contribution in [0.3, 0.4) is 0 Å². The summed E-state index contributed by atoms with van der Waals surface area (Å²) in [6.45, 7) is 5.85. The Morgan fingerprint density at radius 3 is 2.79 bits per heavy atom. The lowest BCUT2D eigenvalue weighted by Crippen LogP contribution is -2.55. The van der Waals surface area contributed by atoms with Gasteiger partial charge in [0.1, 0.15) is 11.9 Å². The summed E-state index contributed by atoms with van der Waals surface area (Å²) in [5.41, 5.74) is 1.46. The molecule has 1 aromatic carbocycles. The summed E-state index contributed by atoms with van der Waals surface area (Å²) in [7, 11) is 0. The van der Waals surface area contributed by atoms with Crippen LogP contribution in [0.4, 0.5) is 5.69 Å². The summed E-state index contributed by atoms with van der Waals surface area (Å²) in [5, 5.41) is 5.83. The Hall–Kier alpha value is -1.60. The van der Waals surface area contributed by atoms with Crippen LogP contribution in [0.15, 0.2) is 35.7 Å². The largest absolute Gasteiger partial charge is 0.338 e. The van der Waals surface area contributed by atoms with Gasteiger partial charge in [-0.15, -0.1) is 22.9 Å². The molecule has 8 heteroatoms. The van der Waals surface area contributed by atoms with E-state index in [4.69, 9.17) is 23.2 Å². The number of thiophene rings is 1. The maximum atomic E-state index is 13.6. The Morgan fingerprint density at radius 2 is 2.18 bits per heavy atom. The highest BCUT2D eigenvalue weighted by Crippen LogP contribution is 2.35. The van der Waals surface area contributed by atoms with Crippen LogP contribution in [0.5, 0.6) is 0 Å². The average molecular weight is 440 g/mol. The van der Waals surface area contributed by atoms with Crippen LogP contribution >= 0.6 is 34.5 Å². The molecular formula is C20H23Cl2N3O2S. The Balaban J connectivity index is 2.07. The molecular weight excluding hydrogens is 417 g/mol. The number of carbonyl (C=O) groups is 2. The van der Waals surface area contributed by atoms with E-state index >= 15 is 0 Å². The second kappa shape index (κ2) is 9.27. The molecule has 1 aliphatic heterocycles. The van der Waals surface area contributed by atoms with Gasteiger partial charge in [-0.3, -0.25) is 14.5 Å². The van der Waals surface area contributed by atoms with Crippen molar-refractivity contribution in [1.29, 1.82) is 0 Å². The average Bonchev–Trinajstić information content (AvgIpc) is 3.20. The third-order valence-electron chi connectivity index (χ3n) is 4.79. The van der Waals surface area contributed by atoms with Crippen molar-refractivity contribution in [1.82, 2.24) is 10.2 Å². The first-order valence-corrected chi connectivity index (χ1v) is 10.9. The number of rotatable bonds is 5. The molecule has 3 rings (SSSR count). The van der Waals surface area contributed by atoms with Gasteiger partial charge in [-0.2, -0.15) is 0 Å².